The van der Waals surface area contributed by atoms with Gasteiger partial charge < -0.3 is 20.4 Å². The number of amides is 1. The molecule has 0 fully saturated rings. The highest BCUT2D eigenvalue weighted by molar-refractivity contribution is 7.80. The molecule has 6 nitrogen and oxygen atoms in total. The molecule has 2 N–H and O–H groups in total. The Labute approximate surface area is 200 Å². The minimum absolute atomic E-state index is 0.00491. The average Bonchev–Trinajstić information content (AvgIpc) is 2.82. The highest BCUT2D eigenvalue weighted by atomic mass is 35.5. The van der Waals surface area contributed by atoms with E-state index in [1.807, 2.05) is 56.6 Å². The van der Waals surface area contributed by atoms with Crippen LogP contribution in [0.3, 0.4) is 0 Å². The molecule has 1 aliphatic heterocycles. The van der Waals surface area contributed by atoms with Gasteiger partial charge in [-0.05, 0) is 49.9 Å². The van der Waals surface area contributed by atoms with Gasteiger partial charge in [0.2, 0.25) is 6.17 Å². The Morgan fingerprint density at radius 1 is 1.22 bits per heavy atom. The zero-order valence-corrected chi connectivity index (χ0v) is 20.7. The molecule has 1 heterocycles. The van der Waals surface area contributed by atoms with E-state index >= 15 is 0 Å². The summed E-state index contributed by atoms with van der Waals surface area (Å²) in [6, 6.07) is 15.2. The number of halogens is 1. The number of nitrogens with one attached hydrogen (secondary N) is 2. The van der Waals surface area contributed by atoms with Gasteiger partial charge >= 0.3 is 0 Å². The third kappa shape index (κ3) is 5.85. The number of benzodiazepines with no additional fused rings is 1. The number of fused-ring (bicyclic) bond motifs is 1. The third-order valence-electron chi connectivity index (χ3n) is 5.18. The predicted molar refractivity (Wildman–Crippen MR) is 137 cm³/mol. The summed E-state index contributed by atoms with van der Waals surface area (Å²) in [5.74, 6) is -0.198. The summed E-state index contributed by atoms with van der Waals surface area (Å²) in [6.45, 7) is 5.90. The van der Waals surface area contributed by atoms with Gasteiger partial charge in [-0.15, -0.1) is 0 Å². The number of benzene rings is 2. The molecule has 1 unspecified atom stereocenters. The normalized spacial score (nSPS) is 16.3. The molecule has 1 atom stereocenters. The molecule has 2 aromatic carbocycles. The van der Waals surface area contributed by atoms with Gasteiger partial charge in [-0.3, -0.25) is 4.79 Å². The summed E-state index contributed by atoms with van der Waals surface area (Å²) in [5, 5.41) is 7.33. The summed E-state index contributed by atoms with van der Waals surface area (Å²) in [6.07, 6.45) is -0.863. The van der Waals surface area contributed by atoms with E-state index in [1.165, 1.54) is 0 Å². The first-order valence-electron chi connectivity index (χ1n) is 10.5. The van der Waals surface area contributed by atoms with Crippen LogP contribution in [0.4, 0.5) is 5.69 Å². The van der Waals surface area contributed by atoms with Gasteiger partial charge in [0.05, 0.1) is 11.4 Å². The second kappa shape index (κ2) is 9.98. The highest BCUT2D eigenvalue weighted by Gasteiger charge is 2.31. The van der Waals surface area contributed by atoms with Gasteiger partial charge in [0, 0.05) is 36.3 Å². The van der Waals surface area contributed by atoms with E-state index in [9.17, 15) is 4.79 Å². The zero-order valence-electron chi connectivity index (χ0n) is 19.1. The summed E-state index contributed by atoms with van der Waals surface area (Å²) in [7, 11) is 5.83. The van der Waals surface area contributed by atoms with Crippen LogP contribution >= 0.6 is 23.8 Å². The van der Waals surface area contributed by atoms with Crippen LogP contribution in [0, 0.1) is 5.41 Å². The monoisotopic (exact) mass is 471 g/mol. The first-order chi connectivity index (χ1) is 15.1. The molecule has 1 amide bonds. The van der Waals surface area contributed by atoms with Gasteiger partial charge in [-0.2, -0.15) is 0 Å². The van der Waals surface area contributed by atoms with E-state index in [1.54, 1.807) is 18.0 Å². The maximum atomic E-state index is 13.3. The van der Waals surface area contributed by atoms with Crippen molar-refractivity contribution >= 4 is 46.2 Å². The molecule has 0 saturated heterocycles. The Balaban J connectivity index is 1.90. The van der Waals surface area contributed by atoms with Crippen molar-refractivity contribution in [2.24, 2.45) is 10.4 Å². The molecule has 2 aromatic rings. The Hall–Kier alpha value is -2.48. The Morgan fingerprint density at radius 3 is 2.56 bits per heavy atom. The molecule has 0 saturated carbocycles. The van der Waals surface area contributed by atoms with E-state index in [-0.39, 0.29) is 11.3 Å². The summed E-state index contributed by atoms with van der Waals surface area (Å²) in [5.41, 5.74) is 3.14. The fourth-order valence-corrected chi connectivity index (χ4v) is 4.23. The lowest BCUT2D eigenvalue weighted by Crippen LogP contribution is -2.51. The largest absolute Gasteiger partial charge is 0.362 e. The van der Waals surface area contributed by atoms with Crippen molar-refractivity contribution in [1.82, 2.24) is 15.5 Å². The molecule has 32 heavy (non-hydrogen) atoms. The minimum atomic E-state index is -0.863. The van der Waals surface area contributed by atoms with E-state index in [2.05, 4.69) is 29.4 Å². The summed E-state index contributed by atoms with van der Waals surface area (Å²) < 4.78 is 0. The zero-order chi connectivity index (χ0) is 23.5. The van der Waals surface area contributed by atoms with Crippen LogP contribution in [0.25, 0.3) is 0 Å². The molecule has 0 spiro atoms. The van der Waals surface area contributed by atoms with E-state index < -0.39 is 6.17 Å². The lowest BCUT2D eigenvalue weighted by molar-refractivity contribution is -0.119. The summed E-state index contributed by atoms with van der Waals surface area (Å²) in [4.78, 5) is 21.8. The van der Waals surface area contributed by atoms with Crippen LogP contribution in [0.5, 0.6) is 0 Å². The number of thiocarbonyl (C=S) groups is 1. The quantitative estimate of drug-likeness (QED) is 0.631. The van der Waals surface area contributed by atoms with Crippen LogP contribution in [-0.2, 0) is 4.79 Å². The number of anilines is 1. The fourth-order valence-electron chi connectivity index (χ4n) is 3.87. The third-order valence-corrected chi connectivity index (χ3v) is 5.68. The number of nitrogens with zero attached hydrogens (tertiary/aromatic N) is 3. The molecule has 0 bridgehead atoms. The highest BCUT2D eigenvalue weighted by Crippen LogP contribution is 2.29. The number of carbonyl (C=O) groups excluding carboxylic acids is 1. The van der Waals surface area contributed by atoms with Crippen molar-refractivity contribution in [2.75, 3.05) is 39.1 Å². The van der Waals surface area contributed by atoms with Crippen molar-refractivity contribution in [3.8, 4) is 0 Å². The smallest absolute Gasteiger partial charge is 0.272 e. The van der Waals surface area contributed by atoms with E-state index in [4.69, 9.17) is 28.8 Å². The van der Waals surface area contributed by atoms with Crippen LogP contribution in [-0.4, -0.2) is 62.0 Å². The molecule has 8 heteroatoms. The first-order valence-corrected chi connectivity index (χ1v) is 11.3. The number of likely N-dealkylation sites (N-methyl/N-ethyl adjacent to an activating group) is 1. The van der Waals surface area contributed by atoms with Crippen molar-refractivity contribution in [3.63, 3.8) is 0 Å². The minimum Gasteiger partial charge on any atom is -0.362 e. The van der Waals surface area contributed by atoms with E-state index in [0.29, 0.717) is 22.4 Å². The second-order valence-electron chi connectivity index (χ2n) is 9.03. The lowest BCUT2D eigenvalue weighted by Gasteiger charge is -2.29. The Kier molecular flexibility index (Phi) is 7.54. The standard InChI is InChI=1S/C24H30ClN5OS/c1-24(2,15-29(3)4)14-26-23(32)28-21-22(31)30(5)19-12-11-17(25)13-18(19)20(27-21)16-9-7-6-8-10-16/h6-13,21H,14-15H2,1-5H3,(H2,26,28,32). The first kappa shape index (κ1) is 24.2. The van der Waals surface area contributed by atoms with Gasteiger partial charge in [0.1, 0.15) is 0 Å². The second-order valence-corrected chi connectivity index (χ2v) is 9.88. The van der Waals surface area contributed by atoms with Gasteiger partial charge in [0.25, 0.3) is 5.91 Å². The SMILES string of the molecule is CN(C)CC(C)(C)CNC(=S)NC1N=C(c2ccccc2)c2cc(Cl)ccc2N(C)C1=O. The number of hydrogen-bond donors (Lipinski definition) is 2. The van der Waals surface area contributed by atoms with E-state index in [0.717, 1.165) is 23.4 Å². The van der Waals surface area contributed by atoms with Crippen molar-refractivity contribution < 1.29 is 4.79 Å². The van der Waals surface area contributed by atoms with Crippen LogP contribution in [0.15, 0.2) is 53.5 Å². The molecule has 0 radical (unpaired) electrons. The van der Waals surface area contributed by atoms with Crippen molar-refractivity contribution in [2.45, 2.75) is 20.0 Å². The van der Waals surface area contributed by atoms with Crippen molar-refractivity contribution in [3.05, 3.63) is 64.7 Å². The number of rotatable bonds is 6. The number of hydrogen-bond acceptors (Lipinski definition) is 4. The maximum Gasteiger partial charge on any atom is 0.272 e. The average molecular weight is 472 g/mol. The summed E-state index contributed by atoms with van der Waals surface area (Å²) >= 11 is 11.8. The molecular formula is C24H30ClN5OS. The van der Waals surface area contributed by atoms with Gasteiger partial charge in [-0.25, -0.2) is 4.99 Å². The fraction of sp³-hybridized carbons (Fsp3) is 0.375. The van der Waals surface area contributed by atoms with Crippen molar-refractivity contribution in [1.29, 1.82) is 0 Å². The number of aliphatic imine (C=N–C) groups is 1. The van der Waals surface area contributed by atoms with Crippen LogP contribution in [0.2, 0.25) is 5.02 Å². The topological polar surface area (TPSA) is 60.0 Å². The van der Waals surface area contributed by atoms with Gasteiger partial charge in [0.15, 0.2) is 5.11 Å². The lowest BCUT2D eigenvalue weighted by atomic mass is 9.93. The molecule has 0 aromatic heterocycles. The van der Waals surface area contributed by atoms with Gasteiger partial charge in [-0.1, -0.05) is 55.8 Å². The van der Waals surface area contributed by atoms with Crippen LogP contribution < -0.4 is 15.5 Å². The maximum absolute atomic E-state index is 13.3. The molecular weight excluding hydrogens is 442 g/mol. The van der Waals surface area contributed by atoms with Crippen LogP contribution in [0.1, 0.15) is 25.0 Å². The Morgan fingerprint density at radius 2 is 1.91 bits per heavy atom. The molecule has 0 aliphatic carbocycles. The Bertz CT molecular complexity index is 1020. The predicted octanol–water partition coefficient (Wildman–Crippen LogP) is 3.53. The molecule has 1 aliphatic rings. The molecule has 170 valence electrons. The molecule has 3 rings (SSSR count). The number of carbonyl (C=O) groups is 1.